The van der Waals surface area contributed by atoms with Crippen LogP contribution in [0.4, 0.5) is 0 Å². The lowest BCUT2D eigenvalue weighted by molar-refractivity contribution is -0.0306. The van der Waals surface area contributed by atoms with Gasteiger partial charge in [-0.2, -0.15) is 0 Å². The van der Waals surface area contributed by atoms with Crippen LogP contribution in [0.3, 0.4) is 0 Å². The molecule has 1 fully saturated rings. The number of nitrogens with one attached hydrogen (secondary N) is 1. The molecule has 1 aliphatic carbocycles. The van der Waals surface area contributed by atoms with Crippen molar-refractivity contribution in [2.45, 2.75) is 65.1 Å². The Bertz CT molecular complexity index is 248. The number of hydrogen-bond acceptors (Lipinski definition) is 4. The fourth-order valence-electron chi connectivity index (χ4n) is 2.72. The van der Waals surface area contributed by atoms with Gasteiger partial charge < -0.3 is 19.9 Å². The maximum absolute atomic E-state index is 9.90. The average molecular weight is 301 g/mol. The minimum absolute atomic E-state index is 0.354. The molecular formula is C17H35NO3. The molecule has 126 valence electrons. The van der Waals surface area contributed by atoms with E-state index in [-0.39, 0.29) is 0 Å². The molecule has 1 aliphatic rings. The Morgan fingerprint density at radius 2 is 2.05 bits per heavy atom. The highest BCUT2D eigenvalue weighted by Gasteiger charge is 2.20. The van der Waals surface area contributed by atoms with E-state index in [0.717, 1.165) is 44.9 Å². The van der Waals surface area contributed by atoms with Crippen LogP contribution in [0.2, 0.25) is 0 Å². The molecule has 0 amide bonds. The van der Waals surface area contributed by atoms with Gasteiger partial charge in [0, 0.05) is 19.8 Å². The number of aliphatic hydroxyl groups excluding tert-OH is 1. The summed E-state index contributed by atoms with van der Waals surface area (Å²) >= 11 is 0. The molecule has 4 heteroatoms. The molecule has 0 saturated heterocycles. The van der Waals surface area contributed by atoms with E-state index in [0.29, 0.717) is 25.2 Å². The van der Waals surface area contributed by atoms with Crippen molar-refractivity contribution in [3.05, 3.63) is 0 Å². The minimum Gasteiger partial charge on any atom is -0.389 e. The highest BCUT2D eigenvalue weighted by atomic mass is 16.5. The Morgan fingerprint density at radius 1 is 1.24 bits per heavy atom. The van der Waals surface area contributed by atoms with E-state index >= 15 is 0 Å². The third-order valence-electron chi connectivity index (χ3n) is 3.89. The van der Waals surface area contributed by atoms with Crippen LogP contribution in [-0.2, 0) is 9.47 Å². The number of aliphatic hydroxyl groups is 1. The summed E-state index contributed by atoms with van der Waals surface area (Å²) in [6.07, 6.45) is 5.82. The first kappa shape index (κ1) is 18.9. The normalized spacial score (nSPS) is 24.4. The van der Waals surface area contributed by atoms with Crippen molar-refractivity contribution in [1.29, 1.82) is 0 Å². The summed E-state index contributed by atoms with van der Waals surface area (Å²) in [6.45, 7) is 10.2. The first-order chi connectivity index (χ1) is 10.1. The smallest absolute Gasteiger partial charge is 0.0897 e. The van der Waals surface area contributed by atoms with Crippen LogP contribution in [0.25, 0.3) is 0 Å². The van der Waals surface area contributed by atoms with E-state index < -0.39 is 6.10 Å². The second-order valence-corrected chi connectivity index (χ2v) is 6.91. The molecule has 1 saturated carbocycles. The molecule has 2 N–H and O–H groups in total. The lowest BCUT2D eigenvalue weighted by Gasteiger charge is -2.27. The van der Waals surface area contributed by atoms with E-state index in [9.17, 15) is 5.11 Å². The van der Waals surface area contributed by atoms with Crippen LogP contribution < -0.4 is 5.32 Å². The monoisotopic (exact) mass is 301 g/mol. The molecule has 3 unspecified atom stereocenters. The van der Waals surface area contributed by atoms with Crippen molar-refractivity contribution in [2.75, 3.05) is 32.9 Å². The van der Waals surface area contributed by atoms with Crippen molar-refractivity contribution in [3.8, 4) is 0 Å². The van der Waals surface area contributed by atoms with Crippen LogP contribution in [-0.4, -0.2) is 50.2 Å². The molecule has 0 heterocycles. The lowest BCUT2D eigenvalue weighted by atomic mass is 9.89. The summed E-state index contributed by atoms with van der Waals surface area (Å²) in [5, 5.41) is 13.2. The number of rotatable bonds is 11. The zero-order valence-corrected chi connectivity index (χ0v) is 14.1. The van der Waals surface area contributed by atoms with Crippen LogP contribution in [0.5, 0.6) is 0 Å². The van der Waals surface area contributed by atoms with Gasteiger partial charge in [-0.25, -0.2) is 0 Å². The van der Waals surface area contributed by atoms with E-state index in [1.54, 1.807) is 0 Å². The number of ether oxygens (including phenoxy) is 2. The van der Waals surface area contributed by atoms with Gasteiger partial charge in [-0.3, -0.25) is 0 Å². The second-order valence-electron chi connectivity index (χ2n) is 6.91. The SMILES string of the molecule is CC(C)COCCCNCC(O)COC1CCCC(C)C1. The lowest BCUT2D eigenvalue weighted by Crippen LogP contribution is -2.33. The Kier molecular flexibility index (Phi) is 10.3. The summed E-state index contributed by atoms with van der Waals surface area (Å²) in [7, 11) is 0. The highest BCUT2D eigenvalue weighted by molar-refractivity contribution is 4.71. The van der Waals surface area contributed by atoms with Gasteiger partial charge in [0.2, 0.25) is 0 Å². The van der Waals surface area contributed by atoms with Gasteiger partial charge in [-0.15, -0.1) is 0 Å². The van der Waals surface area contributed by atoms with E-state index in [4.69, 9.17) is 9.47 Å². The van der Waals surface area contributed by atoms with Gasteiger partial charge in [-0.05, 0) is 37.6 Å². The molecule has 0 aromatic heterocycles. The van der Waals surface area contributed by atoms with Crippen molar-refractivity contribution in [3.63, 3.8) is 0 Å². The average Bonchev–Trinajstić information content (AvgIpc) is 2.44. The topological polar surface area (TPSA) is 50.7 Å². The molecule has 0 radical (unpaired) electrons. The molecular weight excluding hydrogens is 266 g/mol. The van der Waals surface area contributed by atoms with Gasteiger partial charge in [0.15, 0.2) is 0 Å². The predicted octanol–water partition coefficient (Wildman–Crippen LogP) is 2.59. The van der Waals surface area contributed by atoms with Crippen molar-refractivity contribution < 1.29 is 14.6 Å². The standard InChI is InChI=1S/C17H35NO3/c1-14(2)12-20-9-5-8-18-11-16(19)13-21-17-7-4-6-15(3)10-17/h14-19H,4-13H2,1-3H3. The molecule has 3 atom stereocenters. The molecule has 0 aromatic carbocycles. The first-order valence-electron chi connectivity index (χ1n) is 8.66. The van der Waals surface area contributed by atoms with E-state index in [1.165, 1.54) is 12.8 Å². The van der Waals surface area contributed by atoms with Gasteiger partial charge >= 0.3 is 0 Å². The van der Waals surface area contributed by atoms with Gasteiger partial charge in [0.25, 0.3) is 0 Å². The molecule has 4 nitrogen and oxygen atoms in total. The molecule has 0 aromatic rings. The Morgan fingerprint density at radius 3 is 2.76 bits per heavy atom. The molecule has 21 heavy (non-hydrogen) atoms. The fourth-order valence-corrected chi connectivity index (χ4v) is 2.72. The Balaban J connectivity index is 1.90. The quantitative estimate of drug-likeness (QED) is 0.576. The zero-order chi connectivity index (χ0) is 15.5. The molecule has 0 spiro atoms. The largest absolute Gasteiger partial charge is 0.389 e. The summed E-state index contributed by atoms with van der Waals surface area (Å²) in [4.78, 5) is 0. The van der Waals surface area contributed by atoms with Crippen LogP contribution in [0.1, 0.15) is 52.9 Å². The molecule has 1 rings (SSSR count). The van der Waals surface area contributed by atoms with Gasteiger partial charge in [0.05, 0.1) is 18.8 Å². The van der Waals surface area contributed by atoms with Crippen molar-refractivity contribution >= 4 is 0 Å². The van der Waals surface area contributed by atoms with Crippen molar-refractivity contribution in [1.82, 2.24) is 5.32 Å². The Hall–Kier alpha value is -0.160. The predicted molar refractivity (Wildman–Crippen MR) is 86.5 cm³/mol. The summed E-state index contributed by atoms with van der Waals surface area (Å²) < 4.78 is 11.3. The second kappa shape index (κ2) is 11.4. The van der Waals surface area contributed by atoms with Gasteiger partial charge in [0.1, 0.15) is 0 Å². The first-order valence-corrected chi connectivity index (χ1v) is 8.66. The summed E-state index contributed by atoms with van der Waals surface area (Å²) in [6, 6.07) is 0. The molecule has 0 aliphatic heterocycles. The van der Waals surface area contributed by atoms with Gasteiger partial charge in [-0.1, -0.05) is 33.6 Å². The fraction of sp³-hybridized carbons (Fsp3) is 1.00. The third kappa shape index (κ3) is 10.2. The van der Waals surface area contributed by atoms with Crippen molar-refractivity contribution in [2.24, 2.45) is 11.8 Å². The highest BCUT2D eigenvalue weighted by Crippen LogP contribution is 2.25. The number of hydrogen-bond donors (Lipinski definition) is 2. The minimum atomic E-state index is -0.404. The third-order valence-corrected chi connectivity index (χ3v) is 3.89. The summed E-state index contributed by atoms with van der Waals surface area (Å²) in [5.74, 6) is 1.37. The Labute approximate surface area is 130 Å². The van der Waals surface area contributed by atoms with E-state index in [2.05, 4.69) is 26.1 Å². The van der Waals surface area contributed by atoms with Crippen LogP contribution in [0, 0.1) is 11.8 Å². The zero-order valence-electron chi connectivity index (χ0n) is 14.1. The van der Waals surface area contributed by atoms with Crippen LogP contribution in [0.15, 0.2) is 0 Å². The maximum atomic E-state index is 9.90. The molecule has 0 bridgehead atoms. The van der Waals surface area contributed by atoms with E-state index in [1.807, 2.05) is 0 Å². The summed E-state index contributed by atoms with van der Waals surface area (Å²) in [5.41, 5.74) is 0. The maximum Gasteiger partial charge on any atom is 0.0897 e. The van der Waals surface area contributed by atoms with Crippen LogP contribution >= 0.6 is 0 Å².